The summed E-state index contributed by atoms with van der Waals surface area (Å²) in [5.41, 5.74) is 1.88. The number of anilines is 1. The number of carbonyl (C=O) groups is 1. The fraction of sp³-hybridized carbons (Fsp3) is 0.125. The number of hydrogen-bond acceptors (Lipinski definition) is 3. The summed E-state index contributed by atoms with van der Waals surface area (Å²) in [7, 11) is 0. The number of carbonyl (C=O) groups excluding carboxylic acids is 1. The van der Waals surface area contributed by atoms with Gasteiger partial charge in [0.2, 0.25) is 0 Å². The van der Waals surface area contributed by atoms with Crippen molar-refractivity contribution < 1.29 is 9.53 Å². The highest BCUT2D eigenvalue weighted by Crippen LogP contribution is 2.25. The predicted molar refractivity (Wildman–Crippen MR) is 81.5 cm³/mol. The molecule has 0 bridgehead atoms. The lowest BCUT2D eigenvalue weighted by Crippen LogP contribution is -2.20. The van der Waals surface area contributed by atoms with E-state index in [1.54, 1.807) is 36.4 Å². The summed E-state index contributed by atoms with van der Waals surface area (Å²) < 4.78 is 5.37. The summed E-state index contributed by atoms with van der Waals surface area (Å²) in [6.07, 6.45) is 0. The van der Waals surface area contributed by atoms with Gasteiger partial charge in [-0.05, 0) is 36.8 Å². The lowest BCUT2D eigenvalue weighted by atomic mass is 10.2. The van der Waals surface area contributed by atoms with Gasteiger partial charge in [0.25, 0.3) is 5.91 Å². The Kier molecular flexibility index (Phi) is 4.81. The van der Waals surface area contributed by atoms with Gasteiger partial charge in [-0.1, -0.05) is 29.8 Å². The fourth-order valence-corrected chi connectivity index (χ4v) is 2.03. The van der Waals surface area contributed by atoms with Gasteiger partial charge in [-0.2, -0.15) is 5.26 Å². The number of benzene rings is 2. The number of ether oxygens (including phenoxy) is 1. The van der Waals surface area contributed by atoms with Crippen LogP contribution in [0.1, 0.15) is 11.1 Å². The van der Waals surface area contributed by atoms with Gasteiger partial charge in [-0.15, -0.1) is 0 Å². The molecule has 0 radical (unpaired) electrons. The van der Waals surface area contributed by atoms with Gasteiger partial charge in [0.05, 0.1) is 16.3 Å². The third-order valence-electron chi connectivity index (χ3n) is 2.77. The lowest BCUT2D eigenvalue weighted by Gasteiger charge is -2.10. The molecule has 2 rings (SSSR count). The lowest BCUT2D eigenvalue weighted by molar-refractivity contribution is -0.118. The van der Waals surface area contributed by atoms with Crippen molar-refractivity contribution in [2.45, 2.75) is 6.92 Å². The minimum absolute atomic E-state index is 0.178. The first-order valence-corrected chi connectivity index (χ1v) is 6.66. The molecule has 0 atom stereocenters. The van der Waals surface area contributed by atoms with Crippen LogP contribution >= 0.6 is 11.6 Å². The molecule has 0 spiro atoms. The third-order valence-corrected chi connectivity index (χ3v) is 3.06. The van der Waals surface area contributed by atoms with Crippen molar-refractivity contribution in [3.8, 4) is 11.8 Å². The molecule has 0 aliphatic rings. The van der Waals surface area contributed by atoms with Gasteiger partial charge in [0.15, 0.2) is 6.61 Å². The number of nitrogens with one attached hydrogen (secondary N) is 1. The van der Waals surface area contributed by atoms with Crippen LogP contribution < -0.4 is 10.1 Å². The van der Waals surface area contributed by atoms with E-state index in [4.69, 9.17) is 21.6 Å². The van der Waals surface area contributed by atoms with Crippen molar-refractivity contribution in [3.63, 3.8) is 0 Å². The normalized spacial score (nSPS) is 9.76. The molecule has 0 aliphatic carbocycles. The van der Waals surface area contributed by atoms with Gasteiger partial charge < -0.3 is 10.1 Å². The summed E-state index contributed by atoms with van der Waals surface area (Å²) in [6.45, 7) is 1.74. The highest BCUT2D eigenvalue weighted by molar-refractivity contribution is 6.32. The van der Waals surface area contributed by atoms with Crippen LogP contribution in [0, 0.1) is 18.3 Å². The molecule has 106 valence electrons. The van der Waals surface area contributed by atoms with Crippen molar-refractivity contribution in [1.29, 1.82) is 5.26 Å². The topological polar surface area (TPSA) is 62.1 Å². The van der Waals surface area contributed by atoms with Crippen molar-refractivity contribution in [2.24, 2.45) is 0 Å². The highest BCUT2D eigenvalue weighted by atomic mass is 35.5. The van der Waals surface area contributed by atoms with Crippen LogP contribution in [0.25, 0.3) is 0 Å². The van der Waals surface area contributed by atoms with E-state index in [9.17, 15) is 4.79 Å². The largest absolute Gasteiger partial charge is 0.482 e. The molecule has 0 unspecified atom stereocenters. The zero-order chi connectivity index (χ0) is 15.2. The van der Waals surface area contributed by atoms with E-state index in [-0.39, 0.29) is 12.5 Å². The average Bonchev–Trinajstić information content (AvgIpc) is 2.47. The van der Waals surface area contributed by atoms with Crippen molar-refractivity contribution in [3.05, 3.63) is 58.6 Å². The van der Waals surface area contributed by atoms with E-state index in [0.717, 1.165) is 5.56 Å². The van der Waals surface area contributed by atoms with Gasteiger partial charge in [0.1, 0.15) is 11.8 Å². The van der Waals surface area contributed by atoms with Crippen molar-refractivity contribution in [1.82, 2.24) is 0 Å². The Bertz CT molecular complexity index is 708. The summed E-state index contributed by atoms with van der Waals surface area (Å²) in [4.78, 5) is 11.8. The maximum Gasteiger partial charge on any atom is 0.262 e. The van der Waals surface area contributed by atoms with Crippen molar-refractivity contribution in [2.75, 3.05) is 11.9 Å². The van der Waals surface area contributed by atoms with Gasteiger partial charge in [-0.25, -0.2) is 0 Å². The molecule has 0 aromatic heterocycles. The second kappa shape index (κ2) is 6.78. The van der Waals surface area contributed by atoms with Gasteiger partial charge in [-0.3, -0.25) is 4.79 Å². The minimum atomic E-state index is -0.352. The smallest absolute Gasteiger partial charge is 0.262 e. The van der Waals surface area contributed by atoms with Crippen LogP contribution in [0.15, 0.2) is 42.5 Å². The number of para-hydroxylation sites is 1. The van der Waals surface area contributed by atoms with E-state index in [1.807, 2.05) is 19.1 Å². The number of rotatable bonds is 4. The molecule has 5 heteroatoms. The van der Waals surface area contributed by atoms with E-state index < -0.39 is 0 Å². The Labute approximate surface area is 127 Å². The molecule has 0 heterocycles. The van der Waals surface area contributed by atoms with Crippen molar-refractivity contribution >= 4 is 23.2 Å². The number of hydrogen-bond donors (Lipinski definition) is 1. The molecule has 1 amide bonds. The third kappa shape index (κ3) is 3.98. The van der Waals surface area contributed by atoms with E-state index in [1.165, 1.54) is 0 Å². The molecule has 2 aromatic rings. The average molecular weight is 301 g/mol. The standard InChI is InChI=1S/C16H13ClN2O2/c1-11-6-7-15(13(17)8-11)21-10-16(20)19-14-5-3-2-4-12(14)9-18/h2-8H,10H2,1H3,(H,19,20). The summed E-state index contributed by atoms with van der Waals surface area (Å²) in [5, 5.41) is 12.0. The number of aryl methyl sites for hydroxylation is 1. The van der Waals surface area contributed by atoms with Crippen LogP contribution in [0.3, 0.4) is 0 Å². The molecule has 0 aliphatic heterocycles. The zero-order valence-corrected chi connectivity index (χ0v) is 12.1. The summed E-state index contributed by atoms with van der Waals surface area (Å²) in [5.74, 6) is 0.0975. The molecule has 4 nitrogen and oxygen atoms in total. The van der Waals surface area contributed by atoms with Crippen LogP contribution in [0.5, 0.6) is 5.75 Å². The van der Waals surface area contributed by atoms with Crippen LogP contribution in [-0.2, 0) is 4.79 Å². The SMILES string of the molecule is Cc1ccc(OCC(=O)Nc2ccccc2C#N)c(Cl)c1. The van der Waals surface area contributed by atoms with Gasteiger partial charge in [0, 0.05) is 0 Å². The second-order valence-electron chi connectivity index (χ2n) is 4.43. The number of nitrogens with zero attached hydrogens (tertiary/aromatic N) is 1. The Morgan fingerprint density at radius 3 is 2.81 bits per heavy atom. The molecule has 0 saturated carbocycles. The molecule has 0 saturated heterocycles. The zero-order valence-electron chi connectivity index (χ0n) is 11.4. The molecule has 0 fully saturated rings. The fourth-order valence-electron chi connectivity index (χ4n) is 1.74. The minimum Gasteiger partial charge on any atom is -0.482 e. The molecular weight excluding hydrogens is 288 g/mol. The van der Waals surface area contributed by atoms with E-state index in [2.05, 4.69) is 5.32 Å². The monoisotopic (exact) mass is 300 g/mol. The number of nitriles is 1. The summed E-state index contributed by atoms with van der Waals surface area (Å²) in [6, 6.07) is 14.1. The van der Waals surface area contributed by atoms with Crippen LogP contribution in [-0.4, -0.2) is 12.5 Å². The maximum absolute atomic E-state index is 11.8. The Morgan fingerprint density at radius 1 is 1.33 bits per heavy atom. The quantitative estimate of drug-likeness (QED) is 0.939. The molecule has 21 heavy (non-hydrogen) atoms. The van der Waals surface area contributed by atoms with Crippen LogP contribution in [0.4, 0.5) is 5.69 Å². The first-order chi connectivity index (χ1) is 10.1. The Hall–Kier alpha value is -2.51. The van der Waals surface area contributed by atoms with E-state index in [0.29, 0.717) is 22.0 Å². The molecule has 2 aromatic carbocycles. The maximum atomic E-state index is 11.8. The highest BCUT2D eigenvalue weighted by Gasteiger charge is 2.08. The molecule has 1 N–H and O–H groups in total. The first kappa shape index (κ1) is 14.9. The number of halogens is 1. The van der Waals surface area contributed by atoms with E-state index >= 15 is 0 Å². The first-order valence-electron chi connectivity index (χ1n) is 6.28. The predicted octanol–water partition coefficient (Wildman–Crippen LogP) is 3.54. The second-order valence-corrected chi connectivity index (χ2v) is 4.84. The molecular formula is C16H13ClN2O2. The van der Waals surface area contributed by atoms with Crippen LogP contribution in [0.2, 0.25) is 5.02 Å². The Morgan fingerprint density at radius 2 is 2.10 bits per heavy atom. The van der Waals surface area contributed by atoms with Gasteiger partial charge >= 0.3 is 0 Å². The summed E-state index contributed by atoms with van der Waals surface area (Å²) >= 11 is 6.02. The number of amides is 1. The Balaban J connectivity index is 1.98.